The second-order valence-electron chi connectivity index (χ2n) is 5.05. The number of benzene rings is 1. The molecule has 20 heavy (non-hydrogen) atoms. The van der Waals surface area contributed by atoms with Crippen molar-refractivity contribution in [3.8, 4) is 11.8 Å². The molecule has 0 saturated heterocycles. The van der Waals surface area contributed by atoms with Crippen molar-refractivity contribution in [1.82, 2.24) is 0 Å². The number of halogens is 1. The summed E-state index contributed by atoms with van der Waals surface area (Å²) in [5, 5.41) is -0.768. The molecule has 1 rings (SSSR count). The zero-order chi connectivity index (χ0) is 15.4. The highest BCUT2D eigenvalue weighted by Crippen LogP contribution is 2.15. The van der Waals surface area contributed by atoms with Gasteiger partial charge >= 0.3 is 0 Å². The lowest BCUT2D eigenvalue weighted by Gasteiger charge is -2.14. The molecule has 0 heterocycles. The van der Waals surface area contributed by atoms with Gasteiger partial charge in [-0.3, -0.25) is 0 Å². The fourth-order valence-corrected chi connectivity index (χ4v) is 3.14. The smallest absolute Gasteiger partial charge is 0.180 e. The molecule has 1 aromatic carbocycles. The zero-order valence-electron chi connectivity index (χ0n) is 12.1. The molecular formula is C15H19ClO3S. The predicted molar refractivity (Wildman–Crippen MR) is 81.7 cm³/mol. The van der Waals surface area contributed by atoms with E-state index in [0.717, 1.165) is 5.56 Å². The van der Waals surface area contributed by atoms with Crippen LogP contribution in [0.15, 0.2) is 29.2 Å². The van der Waals surface area contributed by atoms with E-state index in [2.05, 4.69) is 11.8 Å². The van der Waals surface area contributed by atoms with Gasteiger partial charge in [-0.2, -0.15) is 0 Å². The van der Waals surface area contributed by atoms with Crippen molar-refractivity contribution in [1.29, 1.82) is 0 Å². The molecule has 0 spiro atoms. The molecule has 0 aliphatic heterocycles. The summed E-state index contributed by atoms with van der Waals surface area (Å²) in [5.41, 5.74) is 0.369. The fraction of sp³-hybridized carbons (Fsp3) is 0.467. The van der Waals surface area contributed by atoms with Crippen LogP contribution in [0.2, 0.25) is 0 Å². The van der Waals surface area contributed by atoms with E-state index in [-0.39, 0.29) is 10.6 Å². The molecule has 1 unspecified atom stereocenters. The minimum atomic E-state index is -3.43. The summed E-state index contributed by atoms with van der Waals surface area (Å²) in [6.07, 6.45) is 0. The van der Waals surface area contributed by atoms with Crippen molar-refractivity contribution >= 4 is 21.4 Å². The molecule has 0 aliphatic rings. The SMILES string of the molecule is COC(C)(C)C#CC(Cl)CS(=O)(=O)c1ccc(C)cc1. The van der Waals surface area contributed by atoms with Gasteiger partial charge in [0.25, 0.3) is 0 Å². The Kier molecular flexibility index (Phi) is 5.64. The van der Waals surface area contributed by atoms with Crippen LogP contribution in [-0.2, 0) is 14.6 Å². The Morgan fingerprint density at radius 3 is 2.35 bits per heavy atom. The topological polar surface area (TPSA) is 43.4 Å². The van der Waals surface area contributed by atoms with Crippen molar-refractivity contribution in [3.63, 3.8) is 0 Å². The average molecular weight is 315 g/mol. The lowest BCUT2D eigenvalue weighted by molar-refractivity contribution is 0.0741. The monoisotopic (exact) mass is 314 g/mol. The van der Waals surface area contributed by atoms with Gasteiger partial charge in [0, 0.05) is 7.11 Å². The van der Waals surface area contributed by atoms with Crippen LogP contribution in [0.5, 0.6) is 0 Å². The molecular weight excluding hydrogens is 296 g/mol. The van der Waals surface area contributed by atoms with Crippen molar-refractivity contribution in [2.45, 2.75) is 36.6 Å². The number of hydrogen-bond donors (Lipinski definition) is 0. The minimum absolute atomic E-state index is 0.218. The van der Waals surface area contributed by atoms with Crippen LogP contribution < -0.4 is 0 Å². The molecule has 0 saturated carbocycles. The second kappa shape index (κ2) is 6.62. The van der Waals surface area contributed by atoms with Crippen LogP contribution in [0.3, 0.4) is 0 Å². The maximum Gasteiger partial charge on any atom is 0.180 e. The Morgan fingerprint density at radius 1 is 1.30 bits per heavy atom. The van der Waals surface area contributed by atoms with E-state index in [1.807, 2.05) is 6.92 Å². The molecule has 0 aliphatic carbocycles. The summed E-state index contributed by atoms with van der Waals surface area (Å²) in [5.74, 6) is 5.33. The van der Waals surface area contributed by atoms with Gasteiger partial charge in [0.1, 0.15) is 11.0 Å². The van der Waals surface area contributed by atoms with Crippen LogP contribution >= 0.6 is 11.6 Å². The molecule has 1 aromatic rings. The first-order valence-corrected chi connectivity index (χ1v) is 8.26. The Morgan fingerprint density at radius 2 is 1.85 bits per heavy atom. The molecule has 0 bridgehead atoms. The highest BCUT2D eigenvalue weighted by molar-refractivity contribution is 7.91. The average Bonchev–Trinajstić information content (AvgIpc) is 2.36. The molecule has 3 nitrogen and oxygen atoms in total. The molecule has 0 radical (unpaired) electrons. The van der Waals surface area contributed by atoms with Crippen LogP contribution in [0.4, 0.5) is 0 Å². The molecule has 0 aromatic heterocycles. The number of methoxy groups -OCH3 is 1. The van der Waals surface area contributed by atoms with Crippen LogP contribution in [-0.4, -0.2) is 32.3 Å². The van der Waals surface area contributed by atoms with E-state index in [1.54, 1.807) is 45.2 Å². The van der Waals surface area contributed by atoms with E-state index in [0.29, 0.717) is 0 Å². The van der Waals surface area contributed by atoms with Gasteiger partial charge in [-0.1, -0.05) is 29.5 Å². The Balaban J connectivity index is 2.84. The third-order valence-electron chi connectivity index (χ3n) is 2.79. The summed E-state index contributed by atoms with van der Waals surface area (Å²) < 4.78 is 29.5. The second-order valence-corrected chi connectivity index (χ2v) is 7.61. The summed E-state index contributed by atoms with van der Waals surface area (Å²) in [6.45, 7) is 5.48. The molecule has 5 heteroatoms. The number of ether oxygens (including phenoxy) is 1. The summed E-state index contributed by atoms with van der Waals surface area (Å²) in [6, 6.07) is 6.69. The highest BCUT2D eigenvalue weighted by Gasteiger charge is 2.19. The fourth-order valence-electron chi connectivity index (χ4n) is 1.38. The van der Waals surface area contributed by atoms with Crippen molar-refractivity contribution in [2.24, 2.45) is 0 Å². The van der Waals surface area contributed by atoms with E-state index >= 15 is 0 Å². The normalized spacial score (nSPS) is 13.4. The van der Waals surface area contributed by atoms with E-state index in [9.17, 15) is 8.42 Å². The summed E-state index contributed by atoms with van der Waals surface area (Å²) >= 11 is 6.00. The molecule has 0 fully saturated rings. The summed E-state index contributed by atoms with van der Waals surface area (Å²) in [7, 11) is -1.88. The first-order chi connectivity index (χ1) is 9.16. The van der Waals surface area contributed by atoms with Gasteiger partial charge in [0.05, 0.1) is 10.6 Å². The van der Waals surface area contributed by atoms with E-state index in [4.69, 9.17) is 16.3 Å². The Bertz CT molecular complexity index is 607. The first kappa shape index (κ1) is 17.0. The van der Waals surface area contributed by atoms with Crippen molar-refractivity contribution < 1.29 is 13.2 Å². The van der Waals surface area contributed by atoms with Gasteiger partial charge in [0.2, 0.25) is 0 Å². The van der Waals surface area contributed by atoms with Gasteiger partial charge in [-0.25, -0.2) is 8.42 Å². The highest BCUT2D eigenvalue weighted by atomic mass is 35.5. The third kappa shape index (κ3) is 5.16. The van der Waals surface area contributed by atoms with Crippen LogP contribution in [0.1, 0.15) is 19.4 Å². The van der Waals surface area contributed by atoms with Gasteiger partial charge in [-0.05, 0) is 32.9 Å². The standard InChI is InChI=1S/C15H19ClO3S/c1-12-5-7-14(8-6-12)20(17,18)11-13(16)9-10-15(2,3)19-4/h5-8,13H,11H2,1-4H3. The largest absolute Gasteiger partial charge is 0.366 e. The van der Waals surface area contributed by atoms with E-state index < -0.39 is 20.8 Å². The van der Waals surface area contributed by atoms with Crippen molar-refractivity contribution in [2.75, 3.05) is 12.9 Å². The van der Waals surface area contributed by atoms with Crippen molar-refractivity contribution in [3.05, 3.63) is 29.8 Å². The number of hydrogen-bond acceptors (Lipinski definition) is 3. The molecule has 110 valence electrons. The number of rotatable bonds is 4. The zero-order valence-corrected chi connectivity index (χ0v) is 13.7. The quantitative estimate of drug-likeness (QED) is 0.634. The Labute approximate surface area is 126 Å². The predicted octanol–water partition coefficient (Wildman–Crippen LogP) is 2.80. The summed E-state index contributed by atoms with van der Waals surface area (Å²) in [4.78, 5) is 0.265. The number of sulfone groups is 1. The maximum absolute atomic E-state index is 12.2. The Hall–Kier alpha value is -1.02. The maximum atomic E-state index is 12.2. The van der Waals surface area contributed by atoms with Gasteiger partial charge < -0.3 is 4.74 Å². The number of alkyl halides is 1. The first-order valence-electron chi connectivity index (χ1n) is 6.18. The lowest BCUT2D eigenvalue weighted by atomic mass is 10.1. The molecule has 0 amide bonds. The van der Waals surface area contributed by atoms with E-state index in [1.165, 1.54) is 0 Å². The molecule has 1 atom stereocenters. The van der Waals surface area contributed by atoms with Crippen LogP contribution in [0.25, 0.3) is 0 Å². The molecule has 0 N–H and O–H groups in total. The minimum Gasteiger partial charge on any atom is -0.366 e. The third-order valence-corrected chi connectivity index (χ3v) is 4.99. The van der Waals surface area contributed by atoms with Gasteiger partial charge in [0.15, 0.2) is 9.84 Å². The number of aryl methyl sites for hydroxylation is 1. The lowest BCUT2D eigenvalue weighted by Crippen LogP contribution is -2.21. The van der Waals surface area contributed by atoms with Crippen LogP contribution in [0, 0.1) is 18.8 Å². The van der Waals surface area contributed by atoms with Gasteiger partial charge in [-0.15, -0.1) is 11.6 Å².